The van der Waals surface area contributed by atoms with Crippen molar-refractivity contribution in [2.24, 2.45) is 5.14 Å². The van der Waals surface area contributed by atoms with Gasteiger partial charge in [-0.05, 0) is 55.3 Å². The van der Waals surface area contributed by atoms with Crippen LogP contribution in [0, 0.1) is 6.92 Å². The molecule has 0 aliphatic carbocycles. The lowest BCUT2D eigenvalue weighted by Gasteiger charge is -2.25. The number of rotatable bonds is 6. The van der Waals surface area contributed by atoms with Crippen molar-refractivity contribution in [1.29, 1.82) is 0 Å². The normalized spacial score (nSPS) is 12.3. The van der Waals surface area contributed by atoms with E-state index in [1.54, 1.807) is 63.4 Å². The molecule has 10 heteroatoms. The van der Waals surface area contributed by atoms with Gasteiger partial charge in [-0.15, -0.1) is 11.3 Å². The molecule has 0 aliphatic heterocycles. The van der Waals surface area contributed by atoms with E-state index in [1.165, 1.54) is 17.0 Å². The molecule has 0 fully saturated rings. The average molecular weight is 492 g/mol. The Morgan fingerprint density at radius 1 is 1.12 bits per heavy atom. The van der Waals surface area contributed by atoms with Crippen LogP contribution >= 0.6 is 22.9 Å². The van der Waals surface area contributed by atoms with Crippen molar-refractivity contribution in [1.82, 2.24) is 4.90 Å². The summed E-state index contributed by atoms with van der Waals surface area (Å²) in [5.41, 5.74) is 1.69. The first-order chi connectivity index (χ1) is 15.0. The number of carbonyl (C=O) groups excluding carboxylic acids is 2. The molecular formula is C22H22ClN3O4S2. The van der Waals surface area contributed by atoms with Crippen LogP contribution in [0.4, 0.5) is 5.00 Å². The quantitative estimate of drug-likeness (QED) is 0.531. The maximum absolute atomic E-state index is 13.1. The third-order valence-corrected chi connectivity index (χ3v) is 7.42. The van der Waals surface area contributed by atoms with E-state index in [2.05, 4.69) is 5.32 Å². The highest BCUT2D eigenvalue weighted by Crippen LogP contribution is 2.31. The number of benzene rings is 2. The summed E-state index contributed by atoms with van der Waals surface area (Å²) in [6.07, 6.45) is 0. The molecule has 1 unspecified atom stereocenters. The van der Waals surface area contributed by atoms with Crippen LogP contribution in [-0.2, 0) is 10.0 Å². The number of amides is 2. The van der Waals surface area contributed by atoms with E-state index < -0.39 is 16.1 Å². The molecule has 1 aromatic heterocycles. The van der Waals surface area contributed by atoms with Gasteiger partial charge >= 0.3 is 0 Å². The topological polar surface area (TPSA) is 110 Å². The standard InChI is InChI=1S/C22H22ClN3O4S2/c1-13-11-19(25-21(27)17-9-4-5-10-18(17)23)31-20(13)22(28)26(3)14(2)15-7-6-8-16(12-15)32(24,29)30/h4-12,14H,1-3H3,(H,25,27)(H2,24,29,30). The Balaban J connectivity index is 1.80. The second-order valence-corrected chi connectivity index (χ2v) is 10.3. The van der Waals surface area contributed by atoms with Gasteiger partial charge < -0.3 is 10.2 Å². The van der Waals surface area contributed by atoms with Crippen LogP contribution in [0.15, 0.2) is 59.5 Å². The largest absolute Gasteiger partial charge is 0.334 e. The summed E-state index contributed by atoms with van der Waals surface area (Å²) in [6.45, 7) is 3.58. The van der Waals surface area contributed by atoms with Crippen LogP contribution in [0.2, 0.25) is 5.02 Å². The molecule has 0 bridgehead atoms. The Labute approximate surface area is 195 Å². The number of hydrogen-bond acceptors (Lipinski definition) is 5. The summed E-state index contributed by atoms with van der Waals surface area (Å²) in [7, 11) is -2.21. The van der Waals surface area contributed by atoms with Crippen molar-refractivity contribution in [3.63, 3.8) is 0 Å². The maximum atomic E-state index is 13.1. The van der Waals surface area contributed by atoms with Crippen LogP contribution in [0.3, 0.4) is 0 Å². The summed E-state index contributed by atoms with van der Waals surface area (Å²) >= 11 is 7.25. The molecule has 3 N–H and O–H groups in total. The monoisotopic (exact) mass is 491 g/mol. The maximum Gasteiger partial charge on any atom is 0.264 e. The summed E-state index contributed by atoms with van der Waals surface area (Å²) in [5.74, 6) is -0.614. The van der Waals surface area contributed by atoms with Crippen LogP contribution in [0.25, 0.3) is 0 Å². The zero-order valence-electron chi connectivity index (χ0n) is 17.6. The summed E-state index contributed by atoms with van der Waals surface area (Å²) in [4.78, 5) is 27.6. The Morgan fingerprint density at radius 3 is 2.47 bits per heavy atom. The molecule has 7 nitrogen and oxygen atoms in total. The van der Waals surface area contributed by atoms with Crippen molar-refractivity contribution >= 4 is 49.8 Å². The van der Waals surface area contributed by atoms with Gasteiger partial charge in [0, 0.05) is 7.05 Å². The number of aryl methyl sites for hydroxylation is 1. The lowest BCUT2D eigenvalue weighted by Crippen LogP contribution is -2.29. The van der Waals surface area contributed by atoms with E-state index in [9.17, 15) is 18.0 Å². The molecule has 168 valence electrons. The molecular weight excluding hydrogens is 470 g/mol. The van der Waals surface area contributed by atoms with E-state index in [0.29, 0.717) is 31.6 Å². The number of carbonyl (C=O) groups is 2. The van der Waals surface area contributed by atoms with Crippen molar-refractivity contribution in [2.75, 3.05) is 12.4 Å². The summed E-state index contributed by atoms with van der Waals surface area (Å²) < 4.78 is 23.3. The van der Waals surface area contributed by atoms with Gasteiger partial charge in [-0.25, -0.2) is 13.6 Å². The van der Waals surface area contributed by atoms with Crippen molar-refractivity contribution in [3.05, 3.63) is 81.2 Å². The van der Waals surface area contributed by atoms with E-state index in [-0.39, 0.29) is 16.7 Å². The Bertz CT molecular complexity index is 1290. The predicted octanol–water partition coefficient (Wildman–Crippen LogP) is 4.44. The lowest BCUT2D eigenvalue weighted by molar-refractivity contribution is 0.0746. The number of nitrogens with one attached hydrogen (secondary N) is 1. The third-order valence-electron chi connectivity index (χ3n) is 5.04. The van der Waals surface area contributed by atoms with Gasteiger partial charge in [-0.1, -0.05) is 35.9 Å². The highest BCUT2D eigenvalue weighted by atomic mass is 35.5. The van der Waals surface area contributed by atoms with E-state index >= 15 is 0 Å². The van der Waals surface area contributed by atoms with Crippen molar-refractivity contribution < 1.29 is 18.0 Å². The van der Waals surface area contributed by atoms with Crippen LogP contribution in [-0.4, -0.2) is 32.2 Å². The molecule has 0 radical (unpaired) electrons. The van der Waals surface area contributed by atoms with Gasteiger partial charge in [0.2, 0.25) is 10.0 Å². The molecule has 1 heterocycles. The number of thiophene rings is 1. The highest BCUT2D eigenvalue weighted by Gasteiger charge is 2.24. The predicted molar refractivity (Wildman–Crippen MR) is 127 cm³/mol. The molecule has 2 aromatic carbocycles. The van der Waals surface area contributed by atoms with Gasteiger partial charge in [0.25, 0.3) is 11.8 Å². The molecule has 32 heavy (non-hydrogen) atoms. The van der Waals surface area contributed by atoms with E-state index in [0.717, 1.165) is 11.3 Å². The number of anilines is 1. The second kappa shape index (κ2) is 9.41. The molecule has 0 aliphatic rings. The summed E-state index contributed by atoms with van der Waals surface area (Å²) in [5, 5.41) is 8.86. The SMILES string of the molecule is Cc1cc(NC(=O)c2ccccc2Cl)sc1C(=O)N(C)C(C)c1cccc(S(N)(=O)=O)c1. The average Bonchev–Trinajstić information content (AvgIpc) is 3.11. The highest BCUT2D eigenvalue weighted by molar-refractivity contribution is 7.89. The first kappa shape index (κ1) is 23.9. The second-order valence-electron chi connectivity index (χ2n) is 7.27. The van der Waals surface area contributed by atoms with Crippen LogP contribution in [0.5, 0.6) is 0 Å². The minimum absolute atomic E-state index is 0.0143. The van der Waals surface area contributed by atoms with Crippen LogP contribution < -0.4 is 10.5 Å². The molecule has 1 atom stereocenters. The Morgan fingerprint density at radius 2 is 1.81 bits per heavy atom. The van der Waals surface area contributed by atoms with Gasteiger partial charge in [-0.3, -0.25) is 9.59 Å². The van der Waals surface area contributed by atoms with Gasteiger partial charge in [0.15, 0.2) is 0 Å². The third kappa shape index (κ3) is 5.18. The zero-order valence-corrected chi connectivity index (χ0v) is 20.0. The number of primary sulfonamides is 1. The first-order valence-electron chi connectivity index (χ1n) is 9.55. The van der Waals surface area contributed by atoms with E-state index in [4.69, 9.17) is 16.7 Å². The lowest BCUT2D eigenvalue weighted by atomic mass is 10.1. The first-order valence-corrected chi connectivity index (χ1v) is 12.3. The van der Waals surface area contributed by atoms with Crippen LogP contribution in [0.1, 0.15) is 44.1 Å². The fourth-order valence-electron chi connectivity index (χ4n) is 3.09. The Hall–Kier alpha value is -2.72. The zero-order chi connectivity index (χ0) is 23.6. The molecule has 0 saturated heterocycles. The number of nitrogens with zero attached hydrogens (tertiary/aromatic N) is 1. The minimum Gasteiger partial charge on any atom is -0.334 e. The number of nitrogens with two attached hydrogens (primary N) is 1. The molecule has 3 aromatic rings. The van der Waals surface area contributed by atoms with Gasteiger partial charge in [0.05, 0.1) is 31.4 Å². The Kier molecular flexibility index (Phi) is 7.04. The van der Waals surface area contributed by atoms with Crippen molar-refractivity contribution in [2.45, 2.75) is 24.8 Å². The summed E-state index contributed by atoms with van der Waals surface area (Å²) in [6, 6.07) is 14.2. The fraction of sp³-hybridized carbons (Fsp3) is 0.182. The molecule has 3 rings (SSSR count). The van der Waals surface area contributed by atoms with Gasteiger partial charge in [0.1, 0.15) is 0 Å². The van der Waals surface area contributed by atoms with E-state index in [1.807, 2.05) is 0 Å². The minimum atomic E-state index is -3.85. The molecule has 2 amide bonds. The number of halogens is 1. The molecule has 0 saturated carbocycles. The number of hydrogen-bond donors (Lipinski definition) is 2. The fourth-order valence-corrected chi connectivity index (χ4v) is 4.93. The smallest absolute Gasteiger partial charge is 0.264 e. The van der Waals surface area contributed by atoms with Crippen molar-refractivity contribution in [3.8, 4) is 0 Å². The molecule has 0 spiro atoms. The van der Waals surface area contributed by atoms with Gasteiger partial charge in [-0.2, -0.15) is 0 Å². The number of sulfonamides is 1.